The molecule has 4 nitrogen and oxygen atoms in total. The summed E-state index contributed by atoms with van der Waals surface area (Å²) in [5, 5.41) is 12.9. The van der Waals surface area contributed by atoms with Gasteiger partial charge in [0.15, 0.2) is 0 Å². The zero-order chi connectivity index (χ0) is 13.8. The zero-order valence-corrected chi connectivity index (χ0v) is 12.1. The molecule has 0 aliphatic heterocycles. The van der Waals surface area contributed by atoms with Gasteiger partial charge in [-0.1, -0.05) is 32.6 Å². The summed E-state index contributed by atoms with van der Waals surface area (Å²) in [4.78, 5) is 11.1. The molecule has 0 heterocycles. The summed E-state index contributed by atoms with van der Waals surface area (Å²) in [6.45, 7) is 6.90. The maximum atomic E-state index is 11.1. The Morgan fingerprint density at radius 3 is 2.61 bits per heavy atom. The minimum atomic E-state index is -0.651. The van der Waals surface area contributed by atoms with E-state index in [0.29, 0.717) is 19.2 Å². The molecule has 0 amide bonds. The molecule has 0 radical (unpaired) electrons. The van der Waals surface area contributed by atoms with Gasteiger partial charge in [-0.25, -0.2) is 0 Å². The normalized spacial score (nSPS) is 14.2. The van der Waals surface area contributed by atoms with Crippen molar-refractivity contribution in [1.82, 2.24) is 5.32 Å². The van der Waals surface area contributed by atoms with Crippen LogP contribution < -0.4 is 5.32 Å². The summed E-state index contributed by atoms with van der Waals surface area (Å²) >= 11 is 0. The van der Waals surface area contributed by atoms with Gasteiger partial charge in [-0.3, -0.25) is 4.79 Å². The van der Waals surface area contributed by atoms with Gasteiger partial charge < -0.3 is 15.2 Å². The van der Waals surface area contributed by atoms with E-state index in [1.165, 1.54) is 25.7 Å². The fourth-order valence-electron chi connectivity index (χ4n) is 1.80. The Hall–Kier alpha value is -0.610. The predicted molar refractivity (Wildman–Crippen MR) is 73.5 cm³/mol. The van der Waals surface area contributed by atoms with Crippen molar-refractivity contribution < 1.29 is 14.6 Å². The van der Waals surface area contributed by atoms with Crippen LogP contribution in [0.1, 0.15) is 59.3 Å². The summed E-state index contributed by atoms with van der Waals surface area (Å²) in [5.41, 5.74) is 0. The van der Waals surface area contributed by atoms with Crippen molar-refractivity contribution in [3.8, 4) is 0 Å². The molecule has 0 saturated carbocycles. The van der Waals surface area contributed by atoms with E-state index >= 15 is 0 Å². The number of carbonyl (C=O) groups is 1. The van der Waals surface area contributed by atoms with Crippen molar-refractivity contribution >= 4 is 5.97 Å². The van der Waals surface area contributed by atoms with Gasteiger partial charge in [0.2, 0.25) is 0 Å². The van der Waals surface area contributed by atoms with Crippen LogP contribution in [0, 0.1) is 0 Å². The van der Waals surface area contributed by atoms with Gasteiger partial charge >= 0.3 is 5.97 Å². The van der Waals surface area contributed by atoms with Crippen LogP contribution in [0.5, 0.6) is 0 Å². The second-order valence-electron chi connectivity index (χ2n) is 4.82. The van der Waals surface area contributed by atoms with Crippen molar-refractivity contribution in [2.45, 2.75) is 71.4 Å². The predicted octanol–water partition coefficient (Wildman–Crippen LogP) is 2.25. The third-order valence-electron chi connectivity index (χ3n) is 2.90. The van der Waals surface area contributed by atoms with Crippen LogP contribution in [0.3, 0.4) is 0 Å². The molecule has 0 aromatic rings. The Kier molecular flexibility index (Phi) is 11.1. The van der Waals surface area contributed by atoms with Crippen LogP contribution in [0.2, 0.25) is 0 Å². The number of hydrogen-bond donors (Lipinski definition) is 2. The highest BCUT2D eigenvalue weighted by Crippen LogP contribution is 2.05. The first-order valence-corrected chi connectivity index (χ1v) is 7.17. The first-order valence-electron chi connectivity index (χ1n) is 7.17. The van der Waals surface area contributed by atoms with E-state index in [0.717, 1.165) is 6.42 Å². The summed E-state index contributed by atoms with van der Waals surface area (Å²) in [6, 6.07) is 0.388. The SMILES string of the molecule is CCCCCCC(C)NCC(O)CC(=O)OCC. The summed E-state index contributed by atoms with van der Waals surface area (Å²) < 4.78 is 4.78. The van der Waals surface area contributed by atoms with E-state index in [9.17, 15) is 9.90 Å². The fraction of sp³-hybridized carbons (Fsp3) is 0.929. The number of ether oxygens (including phenoxy) is 1. The number of carbonyl (C=O) groups excluding carboxylic acids is 1. The number of rotatable bonds is 11. The highest BCUT2D eigenvalue weighted by Gasteiger charge is 2.12. The number of nitrogens with one attached hydrogen (secondary N) is 1. The average molecular weight is 259 g/mol. The molecule has 0 bridgehead atoms. The number of esters is 1. The van der Waals surface area contributed by atoms with E-state index in [-0.39, 0.29) is 12.4 Å². The van der Waals surface area contributed by atoms with Crippen LogP contribution >= 0.6 is 0 Å². The Morgan fingerprint density at radius 2 is 2.00 bits per heavy atom. The first-order chi connectivity index (χ1) is 8.60. The van der Waals surface area contributed by atoms with Crippen molar-refractivity contribution in [2.24, 2.45) is 0 Å². The van der Waals surface area contributed by atoms with Gasteiger partial charge in [0.05, 0.1) is 19.1 Å². The Bertz CT molecular complexity index is 209. The lowest BCUT2D eigenvalue weighted by molar-refractivity contribution is -0.145. The van der Waals surface area contributed by atoms with Gasteiger partial charge in [0.1, 0.15) is 0 Å². The topological polar surface area (TPSA) is 58.6 Å². The Labute approximate surface area is 111 Å². The van der Waals surface area contributed by atoms with E-state index in [1.54, 1.807) is 6.92 Å². The molecule has 18 heavy (non-hydrogen) atoms. The van der Waals surface area contributed by atoms with Crippen molar-refractivity contribution in [2.75, 3.05) is 13.2 Å². The molecule has 0 rings (SSSR count). The average Bonchev–Trinajstić information content (AvgIpc) is 2.32. The van der Waals surface area contributed by atoms with E-state index < -0.39 is 6.10 Å². The lowest BCUT2D eigenvalue weighted by Gasteiger charge is -2.16. The highest BCUT2D eigenvalue weighted by molar-refractivity contribution is 5.69. The standard InChI is InChI=1S/C14H29NO3/c1-4-6-7-8-9-12(3)15-11-13(16)10-14(17)18-5-2/h12-13,15-16H,4-11H2,1-3H3. The summed E-state index contributed by atoms with van der Waals surface area (Å²) in [7, 11) is 0. The smallest absolute Gasteiger partial charge is 0.308 e. The Morgan fingerprint density at radius 1 is 1.28 bits per heavy atom. The zero-order valence-electron chi connectivity index (χ0n) is 12.1. The first kappa shape index (κ1) is 17.4. The van der Waals surface area contributed by atoms with E-state index in [2.05, 4.69) is 19.2 Å². The van der Waals surface area contributed by atoms with Gasteiger partial charge in [-0.2, -0.15) is 0 Å². The van der Waals surface area contributed by atoms with E-state index in [4.69, 9.17) is 4.74 Å². The molecule has 0 saturated heterocycles. The molecule has 0 fully saturated rings. The third-order valence-corrected chi connectivity index (χ3v) is 2.90. The molecule has 2 N–H and O–H groups in total. The fourth-order valence-corrected chi connectivity index (χ4v) is 1.80. The van der Waals surface area contributed by atoms with Gasteiger partial charge in [0.25, 0.3) is 0 Å². The lowest BCUT2D eigenvalue weighted by atomic mass is 10.1. The monoisotopic (exact) mass is 259 g/mol. The molecule has 0 spiro atoms. The maximum absolute atomic E-state index is 11.1. The molecular formula is C14H29NO3. The van der Waals surface area contributed by atoms with Crippen LogP contribution in [0.15, 0.2) is 0 Å². The molecular weight excluding hydrogens is 230 g/mol. The minimum absolute atomic E-state index is 0.0728. The van der Waals surface area contributed by atoms with Crippen molar-refractivity contribution in [3.63, 3.8) is 0 Å². The van der Waals surface area contributed by atoms with Crippen LogP contribution in [0.4, 0.5) is 0 Å². The second-order valence-corrected chi connectivity index (χ2v) is 4.82. The van der Waals surface area contributed by atoms with Gasteiger partial charge in [-0.05, 0) is 20.3 Å². The molecule has 0 aromatic heterocycles. The Balaban J connectivity index is 3.52. The summed E-state index contributed by atoms with van der Waals surface area (Å²) in [5.74, 6) is -0.331. The van der Waals surface area contributed by atoms with Gasteiger partial charge in [-0.15, -0.1) is 0 Å². The largest absolute Gasteiger partial charge is 0.466 e. The van der Waals surface area contributed by atoms with Crippen LogP contribution in [-0.2, 0) is 9.53 Å². The highest BCUT2D eigenvalue weighted by atomic mass is 16.5. The molecule has 108 valence electrons. The minimum Gasteiger partial charge on any atom is -0.466 e. The van der Waals surface area contributed by atoms with Crippen LogP contribution in [-0.4, -0.2) is 36.4 Å². The molecule has 0 aliphatic rings. The second kappa shape index (κ2) is 11.5. The molecule has 0 aliphatic carbocycles. The number of unbranched alkanes of at least 4 members (excludes halogenated alkanes) is 3. The van der Waals surface area contributed by atoms with Crippen LogP contribution in [0.25, 0.3) is 0 Å². The lowest BCUT2D eigenvalue weighted by Crippen LogP contribution is -2.35. The summed E-state index contributed by atoms with van der Waals surface area (Å²) in [6.07, 6.45) is 5.57. The third kappa shape index (κ3) is 10.5. The molecule has 4 heteroatoms. The number of hydrogen-bond acceptors (Lipinski definition) is 4. The molecule has 2 unspecified atom stereocenters. The number of aliphatic hydroxyl groups is 1. The van der Waals surface area contributed by atoms with Crippen molar-refractivity contribution in [1.29, 1.82) is 0 Å². The molecule has 2 atom stereocenters. The maximum Gasteiger partial charge on any atom is 0.308 e. The molecule has 0 aromatic carbocycles. The van der Waals surface area contributed by atoms with E-state index in [1.807, 2.05) is 0 Å². The van der Waals surface area contributed by atoms with Gasteiger partial charge in [0, 0.05) is 12.6 Å². The number of aliphatic hydroxyl groups excluding tert-OH is 1. The quantitative estimate of drug-likeness (QED) is 0.441. The van der Waals surface area contributed by atoms with Crippen molar-refractivity contribution in [3.05, 3.63) is 0 Å².